The molecule has 0 saturated heterocycles. The van der Waals surface area contributed by atoms with E-state index < -0.39 is 0 Å². The number of phenolic OH excluding ortho intramolecular Hbond substituents is 1. The van der Waals surface area contributed by atoms with Crippen LogP contribution in [0.25, 0.3) is 11.1 Å². The molecule has 27 heavy (non-hydrogen) atoms. The van der Waals surface area contributed by atoms with Gasteiger partial charge in [0.25, 0.3) is 5.91 Å². The standard InChI is InChI=1S/C24H25NO2/c1-24(2,3)20-13-11-17(12-14-20)22-10-5-4-7-19(22)16-25-23(27)18-8-6-9-21(26)15-18/h4-15,26H,16H2,1-3H3,(H,25,27). The van der Waals surface area contributed by atoms with Gasteiger partial charge in [0, 0.05) is 12.1 Å². The third-order valence-corrected chi connectivity index (χ3v) is 4.63. The number of aromatic hydroxyl groups is 1. The second-order valence-electron chi connectivity index (χ2n) is 7.72. The van der Waals surface area contributed by atoms with Crippen LogP contribution in [-0.4, -0.2) is 11.0 Å². The van der Waals surface area contributed by atoms with E-state index >= 15 is 0 Å². The summed E-state index contributed by atoms with van der Waals surface area (Å²) in [5, 5.41) is 12.5. The number of hydrogen-bond acceptors (Lipinski definition) is 2. The summed E-state index contributed by atoms with van der Waals surface area (Å²) in [5.41, 5.74) is 5.14. The maximum atomic E-state index is 12.4. The van der Waals surface area contributed by atoms with Crippen LogP contribution in [0.5, 0.6) is 5.75 Å². The monoisotopic (exact) mass is 359 g/mol. The highest BCUT2D eigenvalue weighted by Crippen LogP contribution is 2.28. The van der Waals surface area contributed by atoms with Gasteiger partial charge in [-0.3, -0.25) is 4.79 Å². The molecule has 0 bridgehead atoms. The summed E-state index contributed by atoms with van der Waals surface area (Å²) in [6, 6.07) is 23.0. The molecule has 3 aromatic carbocycles. The van der Waals surface area contributed by atoms with Gasteiger partial charge in [-0.1, -0.05) is 75.4 Å². The molecule has 0 spiro atoms. The summed E-state index contributed by atoms with van der Waals surface area (Å²) in [5.74, 6) is -0.120. The highest BCUT2D eigenvalue weighted by molar-refractivity contribution is 5.94. The lowest BCUT2D eigenvalue weighted by Gasteiger charge is -2.19. The molecule has 138 valence electrons. The summed E-state index contributed by atoms with van der Waals surface area (Å²) in [7, 11) is 0. The molecule has 1 amide bonds. The van der Waals surface area contributed by atoms with Crippen molar-refractivity contribution in [2.45, 2.75) is 32.7 Å². The van der Waals surface area contributed by atoms with Gasteiger partial charge in [-0.2, -0.15) is 0 Å². The van der Waals surface area contributed by atoms with E-state index in [-0.39, 0.29) is 17.1 Å². The van der Waals surface area contributed by atoms with Crippen LogP contribution in [0.1, 0.15) is 42.3 Å². The van der Waals surface area contributed by atoms with Gasteiger partial charge in [0.2, 0.25) is 0 Å². The third kappa shape index (κ3) is 4.56. The van der Waals surface area contributed by atoms with Gasteiger partial charge >= 0.3 is 0 Å². The van der Waals surface area contributed by atoms with Crippen molar-refractivity contribution in [3.63, 3.8) is 0 Å². The van der Waals surface area contributed by atoms with Crippen molar-refractivity contribution in [1.82, 2.24) is 5.32 Å². The minimum atomic E-state index is -0.205. The first-order valence-electron chi connectivity index (χ1n) is 9.10. The van der Waals surface area contributed by atoms with Gasteiger partial charge < -0.3 is 10.4 Å². The minimum absolute atomic E-state index is 0.0852. The minimum Gasteiger partial charge on any atom is -0.508 e. The van der Waals surface area contributed by atoms with E-state index in [9.17, 15) is 9.90 Å². The molecule has 0 fully saturated rings. The van der Waals surface area contributed by atoms with Crippen molar-refractivity contribution in [3.8, 4) is 16.9 Å². The molecule has 0 aliphatic rings. The van der Waals surface area contributed by atoms with Crippen molar-refractivity contribution in [2.75, 3.05) is 0 Å². The second-order valence-corrected chi connectivity index (χ2v) is 7.72. The van der Waals surface area contributed by atoms with Gasteiger partial charge in [-0.15, -0.1) is 0 Å². The third-order valence-electron chi connectivity index (χ3n) is 4.63. The zero-order chi connectivity index (χ0) is 19.4. The highest BCUT2D eigenvalue weighted by Gasteiger charge is 2.14. The van der Waals surface area contributed by atoms with E-state index in [2.05, 4.69) is 56.4 Å². The summed E-state index contributed by atoms with van der Waals surface area (Å²) in [4.78, 5) is 12.4. The normalized spacial score (nSPS) is 11.2. The Hall–Kier alpha value is -3.07. The van der Waals surface area contributed by atoms with Gasteiger partial charge in [0.1, 0.15) is 5.75 Å². The Morgan fingerprint density at radius 2 is 1.63 bits per heavy atom. The average Bonchev–Trinajstić information content (AvgIpc) is 2.66. The lowest BCUT2D eigenvalue weighted by molar-refractivity contribution is 0.0950. The van der Waals surface area contributed by atoms with Crippen molar-refractivity contribution in [2.24, 2.45) is 0 Å². The molecule has 0 radical (unpaired) electrons. The maximum Gasteiger partial charge on any atom is 0.251 e. The molecule has 0 heterocycles. The first-order chi connectivity index (χ1) is 12.8. The quantitative estimate of drug-likeness (QED) is 0.665. The molecular formula is C24H25NO2. The van der Waals surface area contributed by atoms with Crippen LogP contribution in [0.15, 0.2) is 72.8 Å². The van der Waals surface area contributed by atoms with Crippen LogP contribution in [0.3, 0.4) is 0 Å². The molecule has 2 N–H and O–H groups in total. The van der Waals surface area contributed by atoms with Crippen molar-refractivity contribution in [1.29, 1.82) is 0 Å². The number of phenols is 1. The fourth-order valence-electron chi connectivity index (χ4n) is 3.03. The number of benzene rings is 3. The molecular weight excluding hydrogens is 334 g/mol. The van der Waals surface area contributed by atoms with Gasteiger partial charge in [0.05, 0.1) is 0 Å². The van der Waals surface area contributed by atoms with Gasteiger partial charge in [0.15, 0.2) is 0 Å². The Bertz CT molecular complexity index is 937. The van der Waals surface area contributed by atoms with Crippen LogP contribution in [0.2, 0.25) is 0 Å². The Kier molecular flexibility index (Phi) is 5.31. The van der Waals surface area contributed by atoms with E-state index in [1.54, 1.807) is 18.2 Å². The number of carbonyl (C=O) groups is 1. The molecule has 3 nitrogen and oxygen atoms in total. The molecule has 3 rings (SSSR count). The molecule has 0 unspecified atom stereocenters. The van der Waals surface area contributed by atoms with Crippen molar-refractivity contribution >= 4 is 5.91 Å². The van der Waals surface area contributed by atoms with E-state index in [0.717, 1.165) is 16.7 Å². The van der Waals surface area contributed by atoms with E-state index in [1.165, 1.54) is 11.6 Å². The molecule has 0 aliphatic heterocycles. The molecule has 0 aromatic heterocycles. The largest absolute Gasteiger partial charge is 0.508 e. The summed E-state index contributed by atoms with van der Waals surface area (Å²) < 4.78 is 0. The van der Waals surface area contributed by atoms with E-state index in [4.69, 9.17) is 0 Å². The Morgan fingerprint density at radius 1 is 0.926 bits per heavy atom. The summed E-state index contributed by atoms with van der Waals surface area (Å²) in [6.45, 7) is 7.03. The SMILES string of the molecule is CC(C)(C)c1ccc(-c2ccccc2CNC(=O)c2cccc(O)c2)cc1. The van der Waals surface area contributed by atoms with Crippen molar-refractivity contribution in [3.05, 3.63) is 89.5 Å². The number of amides is 1. The molecule has 0 atom stereocenters. The number of hydrogen-bond donors (Lipinski definition) is 2. The van der Waals surface area contributed by atoms with E-state index in [1.807, 2.05) is 18.2 Å². The van der Waals surface area contributed by atoms with Gasteiger partial charge in [-0.25, -0.2) is 0 Å². The first kappa shape index (κ1) is 18.7. The summed E-state index contributed by atoms with van der Waals surface area (Å²) >= 11 is 0. The molecule has 3 aromatic rings. The van der Waals surface area contributed by atoms with Crippen LogP contribution in [-0.2, 0) is 12.0 Å². The lowest BCUT2D eigenvalue weighted by atomic mass is 9.86. The molecule has 0 aliphatic carbocycles. The molecule has 3 heteroatoms. The Balaban J connectivity index is 1.79. The second kappa shape index (κ2) is 7.67. The zero-order valence-electron chi connectivity index (χ0n) is 16.0. The number of nitrogens with one attached hydrogen (secondary N) is 1. The Morgan fingerprint density at radius 3 is 2.30 bits per heavy atom. The van der Waals surface area contributed by atoms with Crippen LogP contribution < -0.4 is 5.32 Å². The fraction of sp³-hybridized carbons (Fsp3) is 0.208. The maximum absolute atomic E-state index is 12.4. The zero-order valence-corrected chi connectivity index (χ0v) is 16.0. The lowest BCUT2D eigenvalue weighted by Crippen LogP contribution is -2.23. The van der Waals surface area contributed by atoms with Crippen LogP contribution in [0.4, 0.5) is 0 Å². The van der Waals surface area contributed by atoms with Crippen LogP contribution in [0, 0.1) is 0 Å². The summed E-state index contributed by atoms with van der Waals surface area (Å²) in [6.07, 6.45) is 0. The predicted molar refractivity (Wildman–Crippen MR) is 110 cm³/mol. The number of carbonyl (C=O) groups excluding carboxylic acids is 1. The Labute approximate surface area is 160 Å². The van der Waals surface area contributed by atoms with E-state index in [0.29, 0.717) is 12.1 Å². The predicted octanol–water partition coefficient (Wildman–Crippen LogP) is 5.29. The first-order valence-corrected chi connectivity index (χ1v) is 9.10. The van der Waals surface area contributed by atoms with Crippen LogP contribution >= 0.6 is 0 Å². The van der Waals surface area contributed by atoms with Gasteiger partial charge in [-0.05, 0) is 45.9 Å². The number of rotatable bonds is 4. The molecule has 0 saturated carbocycles. The smallest absolute Gasteiger partial charge is 0.251 e. The van der Waals surface area contributed by atoms with Crippen molar-refractivity contribution < 1.29 is 9.90 Å². The highest BCUT2D eigenvalue weighted by atomic mass is 16.3. The topological polar surface area (TPSA) is 49.3 Å². The average molecular weight is 359 g/mol. The fourth-order valence-corrected chi connectivity index (χ4v) is 3.03.